The molecule has 31 heavy (non-hydrogen) atoms. The van der Waals surface area contributed by atoms with Crippen molar-refractivity contribution in [2.75, 3.05) is 43.1 Å². The summed E-state index contributed by atoms with van der Waals surface area (Å²) in [6, 6.07) is 13.9. The lowest BCUT2D eigenvalue weighted by atomic mass is 10.1. The van der Waals surface area contributed by atoms with Gasteiger partial charge < -0.3 is 15.0 Å². The smallest absolute Gasteiger partial charge is 0.231 e. The summed E-state index contributed by atoms with van der Waals surface area (Å²) in [5.41, 5.74) is 1.81. The second-order valence-electron chi connectivity index (χ2n) is 7.93. The second-order valence-corrected chi connectivity index (χ2v) is 8.78. The fraction of sp³-hybridized carbons (Fsp3) is 0.348. The molecule has 1 aromatic heterocycles. The highest BCUT2D eigenvalue weighted by Gasteiger charge is 2.36. The molecule has 0 bridgehead atoms. The van der Waals surface area contributed by atoms with E-state index in [2.05, 4.69) is 15.2 Å². The van der Waals surface area contributed by atoms with Crippen molar-refractivity contribution in [3.05, 3.63) is 53.5 Å². The van der Waals surface area contributed by atoms with Crippen LogP contribution in [0, 0.1) is 5.92 Å². The van der Waals surface area contributed by atoms with Gasteiger partial charge in [-0.2, -0.15) is 0 Å². The number of thiazole rings is 1. The highest BCUT2D eigenvalue weighted by atomic mass is 32.1. The third-order valence-electron chi connectivity index (χ3n) is 5.82. The zero-order valence-electron chi connectivity index (χ0n) is 17.1. The van der Waals surface area contributed by atoms with E-state index in [1.165, 1.54) is 11.3 Å². The first kappa shape index (κ1) is 20.1. The van der Waals surface area contributed by atoms with E-state index in [0.717, 1.165) is 55.0 Å². The van der Waals surface area contributed by atoms with Gasteiger partial charge in [-0.1, -0.05) is 36.4 Å². The molecule has 2 saturated heterocycles. The molecule has 1 N–H and O–H groups in total. The van der Waals surface area contributed by atoms with Gasteiger partial charge in [0.1, 0.15) is 0 Å². The Morgan fingerprint density at radius 3 is 2.84 bits per heavy atom. The lowest BCUT2D eigenvalue weighted by molar-refractivity contribution is -0.122. The molecule has 8 heteroatoms. The van der Waals surface area contributed by atoms with Gasteiger partial charge in [-0.25, -0.2) is 4.98 Å². The fourth-order valence-electron chi connectivity index (χ4n) is 4.19. The SMILES string of the molecule is O=C(Nc1nc(CN2CCOCC2)cs1)C1CC(=O)N(c2cccc3ccccc23)C1. The number of hydrogen-bond acceptors (Lipinski definition) is 6. The van der Waals surface area contributed by atoms with Crippen molar-refractivity contribution in [1.29, 1.82) is 0 Å². The van der Waals surface area contributed by atoms with E-state index in [4.69, 9.17) is 4.74 Å². The van der Waals surface area contributed by atoms with Crippen LogP contribution < -0.4 is 10.2 Å². The number of fused-ring (bicyclic) bond motifs is 1. The molecule has 0 saturated carbocycles. The van der Waals surface area contributed by atoms with Gasteiger partial charge in [0, 0.05) is 43.4 Å². The Morgan fingerprint density at radius 2 is 1.97 bits per heavy atom. The quantitative estimate of drug-likeness (QED) is 0.665. The van der Waals surface area contributed by atoms with Gasteiger partial charge >= 0.3 is 0 Å². The number of anilines is 2. The number of nitrogens with zero attached hydrogens (tertiary/aromatic N) is 3. The third kappa shape index (κ3) is 4.32. The number of nitrogens with one attached hydrogen (secondary N) is 1. The summed E-state index contributed by atoms with van der Waals surface area (Å²) < 4.78 is 5.38. The van der Waals surface area contributed by atoms with Crippen molar-refractivity contribution >= 4 is 44.7 Å². The topological polar surface area (TPSA) is 74.8 Å². The number of ether oxygens (including phenoxy) is 1. The highest BCUT2D eigenvalue weighted by molar-refractivity contribution is 7.13. The Morgan fingerprint density at radius 1 is 1.16 bits per heavy atom. The molecular weight excluding hydrogens is 412 g/mol. The lowest BCUT2D eigenvalue weighted by Gasteiger charge is -2.25. The van der Waals surface area contributed by atoms with E-state index >= 15 is 0 Å². The molecule has 2 aliphatic heterocycles. The first-order valence-corrected chi connectivity index (χ1v) is 11.4. The molecule has 2 amide bonds. The van der Waals surface area contributed by atoms with Gasteiger partial charge in [0.25, 0.3) is 0 Å². The molecule has 2 aromatic carbocycles. The van der Waals surface area contributed by atoms with Crippen molar-refractivity contribution in [2.24, 2.45) is 5.92 Å². The molecular formula is C23H24N4O3S. The Labute approximate surface area is 184 Å². The van der Waals surface area contributed by atoms with Crippen LogP contribution in [-0.2, 0) is 20.9 Å². The van der Waals surface area contributed by atoms with E-state index in [1.807, 2.05) is 47.8 Å². The van der Waals surface area contributed by atoms with Crippen LogP contribution in [0.15, 0.2) is 47.8 Å². The van der Waals surface area contributed by atoms with Crippen LogP contribution in [0.3, 0.4) is 0 Å². The van der Waals surface area contributed by atoms with E-state index in [9.17, 15) is 9.59 Å². The van der Waals surface area contributed by atoms with E-state index in [0.29, 0.717) is 11.7 Å². The molecule has 3 aromatic rings. The molecule has 2 fully saturated rings. The number of amides is 2. The summed E-state index contributed by atoms with van der Waals surface area (Å²) in [7, 11) is 0. The number of carbonyl (C=O) groups excluding carboxylic acids is 2. The fourth-order valence-corrected chi connectivity index (χ4v) is 4.90. The number of hydrogen-bond donors (Lipinski definition) is 1. The normalized spacial score (nSPS) is 19.8. The van der Waals surface area contributed by atoms with Crippen molar-refractivity contribution in [3.63, 3.8) is 0 Å². The minimum Gasteiger partial charge on any atom is -0.379 e. The number of benzene rings is 2. The maximum atomic E-state index is 12.8. The molecule has 0 spiro atoms. The van der Waals surface area contributed by atoms with Crippen molar-refractivity contribution in [3.8, 4) is 0 Å². The number of carbonyl (C=O) groups is 2. The summed E-state index contributed by atoms with van der Waals surface area (Å²) in [5, 5.41) is 7.58. The summed E-state index contributed by atoms with van der Waals surface area (Å²) in [5.74, 6) is -0.565. The van der Waals surface area contributed by atoms with Crippen molar-refractivity contribution in [2.45, 2.75) is 13.0 Å². The molecule has 160 valence electrons. The lowest BCUT2D eigenvalue weighted by Crippen LogP contribution is -2.35. The minimum absolute atomic E-state index is 0.0244. The van der Waals surface area contributed by atoms with Gasteiger partial charge in [-0.15, -0.1) is 11.3 Å². The zero-order chi connectivity index (χ0) is 21.2. The largest absolute Gasteiger partial charge is 0.379 e. The number of morpholine rings is 1. The van der Waals surface area contributed by atoms with E-state index in [1.54, 1.807) is 4.90 Å². The molecule has 2 aliphatic rings. The van der Waals surface area contributed by atoms with Crippen LogP contribution >= 0.6 is 11.3 Å². The Bertz CT molecular complexity index is 1100. The summed E-state index contributed by atoms with van der Waals surface area (Å²) in [6.45, 7) is 4.42. The van der Waals surface area contributed by atoms with Crippen LogP contribution in [0.2, 0.25) is 0 Å². The molecule has 3 heterocycles. The van der Waals surface area contributed by atoms with E-state index in [-0.39, 0.29) is 18.2 Å². The first-order valence-electron chi connectivity index (χ1n) is 10.5. The minimum atomic E-state index is -0.391. The van der Waals surface area contributed by atoms with Gasteiger partial charge in [0.2, 0.25) is 11.8 Å². The van der Waals surface area contributed by atoms with Gasteiger partial charge in [0.15, 0.2) is 5.13 Å². The monoisotopic (exact) mass is 436 g/mol. The summed E-state index contributed by atoms with van der Waals surface area (Å²) >= 11 is 1.43. The third-order valence-corrected chi connectivity index (χ3v) is 6.63. The van der Waals surface area contributed by atoms with Gasteiger partial charge in [-0.3, -0.25) is 14.5 Å². The molecule has 7 nitrogen and oxygen atoms in total. The van der Waals surface area contributed by atoms with Crippen LogP contribution in [-0.4, -0.2) is 54.5 Å². The highest BCUT2D eigenvalue weighted by Crippen LogP contribution is 2.32. The van der Waals surface area contributed by atoms with Gasteiger partial charge in [0.05, 0.1) is 30.5 Å². The van der Waals surface area contributed by atoms with Crippen LogP contribution in [0.5, 0.6) is 0 Å². The maximum absolute atomic E-state index is 12.8. The molecule has 5 rings (SSSR count). The molecule has 0 aliphatic carbocycles. The van der Waals surface area contributed by atoms with Crippen molar-refractivity contribution in [1.82, 2.24) is 9.88 Å². The molecule has 0 radical (unpaired) electrons. The first-order chi connectivity index (χ1) is 15.2. The Balaban J connectivity index is 1.24. The molecule has 1 unspecified atom stereocenters. The van der Waals surface area contributed by atoms with Crippen LogP contribution in [0.1, 0.15) is 12.1 Å². The molecule has 1 atom stereocenters. The maximum Gasteiger partial charge on any atom is 0.231 e. The average molecular weight is 437 g/mol. The number of aromatic nitrogens is 1. The van der Waals surface area contributed by atoms with Crippen LogP contribution in [0.25, 0.3) is 10.8 Å². The Hall–Kier alpha value is -2.81. The second kappa shape index (κ2) is 8.74. The average Bonchev–Trinajstić information content (AvgIpc) is 3.40. The predicted molar refractivity (Wildman–Crippen MR) is 121 cm³/mol. The van der Waals surface area contributed by atoms with Crippen LogP contribution in [0.4, 0.5) is 10.8 Å². The predicted octanol–water partition coefficient (Wildman–Crippen LogP) is 3.12. The van der Waals surface area contributed by atoms with Crippen molar-refractivity contribution < 1.29 is 14.3 Å². The number of rotatable bonds is 5. The summed E-state index contributed by atoms with van der Waals surface area (Å²) in [4.78, 5) is 34.2. The van der Waals surface area contributed by atoms with E-state index < -0.39 is 5.92 Å². The summed E-state index contributed by atoms with van der Waals surface area (Å²) in [6.07, 6.45) is 0.209. The zero-order valence-corrected chi connectivity index (χ0v) is 17.9. The van der Waals surface area contributed by atoms with Gasteiger partial charge in [-0.05, 0) is 11.5 Å². The Kier molecular flexibility index (Phi) is 5.67. The standard InChI is InChI=1S/C23H24N4O3S/c28-21-12-17(13-27(21)20-7-3-5-16-4-1-2-6-19(16)20)22(29)25-23-24-18(15-31-23)14-26-8-10-30-11-9-26/h1-7,15,17H,8-14H2,(H,24,25,29).